The third-order valence-corrected chi connectivity index (χ3v) is 4.75. The van der Waals surface area contributed by atoms with Crippen LogP contribution in [-0.4, -0.2) is 72.5 Å². The predicted octanol–water partition coefficient (Wildman–Crippen LogP) is -0.101. The van der Waals surface area contributed by atoms with E-state index in [0.717, 1.165) is 0 Å². The Kier molecular flexibility index (Phi) is 10.9. The maximum absolute atomic E-state index is 12.4. The van der Waals surface area contributed by atoms with Gasteiger partial charge in [0.15, 0.2) is 12.1 Å². The smallest absolute Gasteiger partial charge is 0.331 e. The number of ether oxygens (including phenoxy) is 2. The van der Waals surface area contributed by atoms with Gasteiger partial charge in [0.05, 0.1) is 26.4 Å². The van der Waals surface area contributed by atoms with E-state index in [9.17, 15) is 29.4 Å². The van der Waals surface area contributed by atoms with Gasteiger partial charge in [-0.3, -0.25) is 9.59 Å². The van der Waals surface area contributed by atoms with Gasteiger partial charge in [0.25, 0.3) is 0 Å². The van der Waals surface area contributed by atoms with Crippen molar-refractivity contribution in [2.75, 3.05) is 26.4 Å². The second-order valence-corrected chi connectivity index (χ2v) is 9.01. The molecule has 1 rings (SSSR count). The number of carbonyl (C=O) groups is 4. The van der Waals surface area contributed by atoms with Gasteiger partial charge in [0, 0.05) is 12.8 Å². The molecule has 1 fully saturated rings. The van der Waals surface area contributed by atoms with E-state index in [4.69, 9.17) is 9.47 Å². The molecule has 1 saturated carbocycles. The topological polar surface area (TPSA) is 151 Å². The highest BCUT2D eigenvalue weighted by Crippen LogP contribution is 2.51. The maximum atomic E-state index is 12.4. The average molecular weight is 445 g/mol. The van der Waals surface area contributed by atoms with Crippen LogP contribution in [0.25, 0.3) is 0 Å². The van der Waals surface area contributed by atoms with Crippen LogP contribution in [0.1, 0.15) is 53.4 Å². The molecule has 0 unspecified atom stereocenters. The molecule has 0 heterocycles. The van der Waals surface area contributed by atoms with Crippen LogP contribution >= 0.6 is 0 Å². The summed E-state index contributed by atoms with van der Waals surface area (Å²) in [7, 11) is 0. The fraction of sp³-hybridized carbons (Fsp3) is 0.810. The van der Waals surface area contributed by atoms with E-state index in [1.165, 1.54) is 0 Å². The van der Waals surface area contributed by atoms with Crippen molar-refractivity contribution in [3.63, 3.8) is 0 Å². The number of esters is 2. The first-order valence-corrected chi connectivity index (χ1v) is 10.7. The molecule has 10 nitrogen and oxygen atoms in total. The lowest BCUT2D eigenvalue weighted by molar-refractivity contribution is -0.150. The largest absolute Gasteiger partial charge is 0.464 e. The molecule has 0 aromatic rings. The highest BCUT2D eigenvalue weighted by molar-refractivity contribution is 5.87. The van der Waals surface area contributed by atoms with Gasteiger partial charge in [0.2, 0.25) is 11.8 Å². The van der Waals surface area contributed by atoms with Crippen LogP contribution in [0.2, 0.25) is 0 Å². The molecule has 178 valence electrons. The summed E-state index contributed by atoms with van der Waals surface area (Å²) in [5.41, 5.74) is -0.572. The highest BCUT2D eigenvalue weighted by atomic mass is 16.5. The second kappa shape index (κ2) is 12.6. The van der Waals surface area contributed by atoms with Crippen molar-refractivity contribution in [1.82, 2.24) is 10.6 Å². The zero-order valence-electron chi connectivity index (χ0n) is 18.8. The molecule has 0 aliphatic heterocycles. The van der Waals surface area contributed by atoms with Crippen molar-refractivity contribution in [3.05, 3.63) is 0 Å². The number of aliphatic hydroxyl groups excluding tert-OH is 2. The number of hydrogen-bond donors (Lipinski definition) is 4. The minimum Gasteiger partial charge on any atom is -0.464 e. The summed E-state index contributed by atoms with van der Waals surface area (Å²) < 4.78 is 10.1. The molecule has 4 N–H and O–H groups in total. The number of nitrogens with one attached hydrogen (secondary N) is 2. The Bertz CT molecular complexity index is 581. The molecular formula is C21H36N2O8. The zero-order valence-corrected chi connectivity index (χ0v) is 18.8. The van der Waals surface area contributed by atoms with Crippen LogP contribution in [0.3, 0.4) is 0 Å². The van der Waals surface area contributed by atoms with Gasteiger partial charge in [-0.25, -0.2) is 9.59 Å². The molecule has 0 aromatic heterocycles. The monoisotopic (exact) mass is 444 g/mol. The minimum absolute atomic E-state index is 0.00400. The molecule has 1 aliphatic carbocycles. The van der Waals surface area contributed by atoms with Crippen molar-refractivity contribution in [3.8, 4) is 0 Å². The van der Waals surface area contributed by atoms with E-state index in [1.54, 1.807) is 0 Å². The Morgan fingerprint density at radius 3 is 1.39 bits per heavy atom. The van der Waals surface area contributed by atoms with E-state index in [0.29, 0.717) is 12.8 Å². The molecule has 0 aromatic carbocycles. The standard InChI is InChI=1S/C21H36N2O8/c1-13(2)11-30-19(28)15(9-24)22-17(26)7-21(5-6-21)8-18(27)23-16(10-25)20(29)31-12-14(3)4/h13-16,24-25H,5-12H2,1-4H3,(H,22,26)(H,23,27)/t15-,16-/m1/s1. The van der Waals surface area contributed by atoms with Gasteiger partial charge in [-0.15, -0.1) is 0 Å². The minimum atomic E-state index is -1.16. The van der Waals surface area contributed by atoms with Crippen LogP contribution in [-0.2, 0) is 28.7 Å². The Morgan fingerprint density at radius 2 is 1.13 bits per heavy atom. The van der Waals surface area contributed by atoms with E-state index < -0.39 is 54.5 Å². The van der Waals surface area contributed by atoms with Gasteiger partial charge in [-0.05, 0) is 30.1 Å². The molecule has 0 spiro atoms. The summed E-state index contributed by atoms with van der Waals surface area (Å²) in [6.07, 6.45) is 1.26. The number of amides is 2. The summed E-state index contributed by atoms with van der Waals surface area (Å²) in [6.45, 7) is 6.65. The molecule has 0 saturated heterocycles. The van der Waals surface area contributed by atoms with Crippen molar-refractivity contribution in [2.45, 2.75) is 65.5 Å². The van der Waals surface area contributed by atoms with Crippen molar-refractivity contribution >= 4 is 23.8 Å². The number of rotatable bonds is 14. The van der Waals surface area contributed by atoms with E-state index in [2.05, 4.69) is 10.6 Å². The molecule has 2 atom stereocenters. The van der Waals surface area contributed by atoms with Crippen molar-refractivity contribution in [2.24, 2.45) is 17.3 Å². The van der Waals surface area contributed by atoms with Gasteiger partial charge in [0.1, 0.15) is 0 Å². The van der Waals surface area contributed by atoms with Crippen LogP contribution < -0.4 is 10.6 Å². The first kappa shape index (κ1) is 26.8. The van der Waals surface area contributed by atoms with Crippen LogP contribution in [0, 0.1) is 17.3 Å². The van der Waals surface area contributed by atoms with E-state index in [1.807, 2.05) is 27.7 Å². The van der Waals surface area contributed by atoms with Gasteiger partial charge < -0.3 is 30.3 Å². The summed E-state index contributed by atoms with van der Waals surface area (Å²) in [6, 6.07) is -2.32. The van der Waals surface area contributed by atoms with Crippen LogP contribution in [0.4, 0.5) is 0 Å². The Balaban J connectivity index is 2.52. The normalized spacial score (nSPS) is 16.4. The molecule has 10 heteroatoms. The lowest BCUT2D eigenvalue weighted by atomic mass is 9.96. The van der Waals surface area contributed by atoms with Crippen LogP contribution in [0.5, 0.6) is 0 Å². The fourth-order valence-corrected chi connectivity index (χ4v) is 2.82. The second-order valence-electron chi connectivity index (χ2n) is 9.01. The molecule has 1 aliphatic rings. The third kappa shape index (κ3) is 10.1. The molecule has 0 radical (unpaired) electrons. The SMILES string of the molecule is CC(C)COC(=O)[C@@H](CO)NC(=O)CC1(CC(=O)N[C@H](CO)C(=O)OCC(C)C)CC1. The lowest BCUT2D eigenvalue weighted by Crippen LogP contribution is -2.46. The van der Waals surface area contributed by atoms with Crippen LogP contribution in [0.15, 0.2) is 0 Å². The number of hydrogen-bond acceptors (Lipinski definition) is 8. The van der Waals surface area contributed by atoms with Gasteiger partial charge in [-0.2, -0.15) is 0 Å². The Labute approximate surface area is 183 Å². The summed E-state index contributed by atoms with van der Waals surface area (Å²) in [5.74, 6) is -2.12. The van der Waals surface area contributed by atoms with Crippen molar-refractivity contribution < 1.29 is 38.9 Å². The Morgan fingerprint density at radius 1 is 0.774 bits per heavy atom. The van der Waals surface area contributed by atoms with E-state index >= 15 is 0 Å². The molecule has 2 amide bonds. The fourth-order valence-electron chi connectivity index (χ4n) is 2.82. The summed E-state index contributed by atoms with van der Waals surface area (Å²) >= 11 is 0. The molecular weight excluding hydrogens is 408 g/mol. The average Bonchev–Trinajstić information content (AvgIpc) is 3.44. The van der Waals surface area contributed by atoms with Gasteiger partial charge >= 0.3 is 11.9 Å². The third-order valence-electron chi connectivity index (χ3n) is 4.75. The quantitative estimate of drug-likeness (QED) is 0.271. The summed E-state index contributed by atoms with van der Waals surface area (Å²) in [4.78, 5) is 48.6. The zero-order chi connectivity index (χ0) is 23.6. The number of carbonyl (C=O) groups excluding carboxylic acids is 4. The predicted molar refractivity (Wildman–Crippen MR) is 111 cm³/mol. The first-order valence-electron chi connectivity index (χ1n) is 10.7. The Hall–Kier alpha value is -2.20. The molecule has 31 heavy (non-hydrogen) atoms. The molecule has 0 bridgehead atoms. The first-order chi connectivity index (χ1) is 14.5. The van der Waals surface area contributed by atoms with Crippen molar-refractivity contribution in [1.29, 1.82) is 0 Å². The summed E-state index contributed by atoms with van der Waals surface area (Å²) in [5, 5.41) is 23.7. The van der Waals surface area contributed by atoms with Gasteiger partial charge in [-0.1, -0.05) is 27.7 Å². The lowest BCUT2D eigenvalue weighted by Gasteiger charge is -2.20. The maximum Gasteiger partial charge on any atom is 0.331 e. The highest BCUT2D eigenvalue weighted by Gasteiger charge is 2.46. The van der Waals surface area contributed by atoms with E-state index in [-0.39, 0.29) is 37.9 Å². The number of aliphatic hydroxyl groups is 2.